The maximum atomic E-state index is 12.1. The summed E-state index contributed by atoms with van der Waals surface area (Å²) in [7, 11) is -3.71. The van der Waals surface area contributed by atoms with Crippen molar-refractivity contribution in [2.75, 3.05) is 4.72 Å². The smallest absolute Gasteiger partial charge is 0.263 e. The van der Waals surface area contributed by atoms with E-state index in [0.29, 0.717) is 7.57 Å². The molecule has 0 aliphatic carbocycles. The zero-order valence-corrected chi connectivity index (χ0v) is 14.0. The lowest BCUT2D eigenvalue weighted by Gasteiger charge is -2.05. The van der Waals surface area contributed by atoms with Gasteiger partial charge in [0.05, 0.1) is 7.57 Å². The number of hydrogen-bond donors (Lipinski definition) is 1. The van der Waals surface area contributed by atoms with Gasteiger partial charge < -0.3 is 0 Å². The molecule has 2 rings (SSSR count). The molecule has 2 aromatic heterocycles. The van der Waals surface area contributed by atoms with Gasteiger partial charge in [0.2, 0.25) is 0 Å². The van der Waals surface area contributed by atoms with Gasteiger partial charge in [-0.05, 0) is 37.9 Å². The Morgan fingerprint density at radius 1 is 1.28 bits per heavy atom. The quantitative estimate of drug-likeness (QED) is 0.752. The van der Waals surface area contributed by atoms with Gasteiger partial charge in [0.15, 0.2) is 0 Å². The summed E-state index contributed by atoms with van der Waals surface area (Å²) in [6.07, 6.45) is 1.18. The lowest BCUT2D eigenvalue weighted by atomic mass is 10.6. The topological polar surface area (TPSA) is 72.0 Å². The van der Waals surface area contributed by atoms with Crippen LogP contribution in [0, 0.1) is 0 Å². The van der Waals surface area contributed by atoms with Crippen molar-refractivity contribution in [3.8, 4) is 0 Å². The van der Waals surface area contributed by atoms with Crippen molar-refractivity contribution in [3.05, 3.63) is 31.2 Å². The van der Waals surface area contributed by atoms with Crippen LogP contribution in [0.5, 0.6) is 0 Å². The predicted molar refractivity (Wildman–Crippen MR) is 77.6 cm³/mol. The highest BCUT2D eigenvalue weighted by atomic mass is 79.9. The molecular formula is C8H4Br2ClN3O2S2. The summed E-state index contributed by atoms with van der Waals surface area (Å²) < 4.78 is 27.7. The molecule has 0 aliphatic rings. The number of anilines is 1. The number of nitrogens with zero attached hydrogens (tertiary/aromatic N) is 2. The SMILES string of the molecule is O=S(=O)(Nc1cc(Cl)ncn1)c1cc(Br)sc1Br. The van der Waals surface area contributed by atoms with Crippen LogP contribution in [0.1, 0.15) is 0 Å². The van der Waals surface area contributed by atoms with Crippen molar-refractivity contribution in [1.82, 2.24) is 9.97 Å². The van der Waals surface area contributed by atoms with Crippen molar-refractivity contribution in [2.45, 2.75) is 4.90 Å². The van der Waals surface area contributed by atoms with Crippen LogP contribution in [0.3, 0.4) is 0 Å². The zero-order valence-electron chi connectivity index (χ0n) is 8.39. The van der Waals surface area contributed by atoms with Crippen LogP contribution in [-0.4, -0.2) is 18.4 Å². The van der Waals surface area contributed by atoms with Crippen molar-refractivity contribution in [3.63, 3.8) is 0 Å². The fraction of sp³-hybridized carbons (Fsp3) is 0. The number of sulfonamides is 1. The standard InChI is InChI=1S/C8H4Br2ClN3O2S2/c9-5-1-4(8(10)17-5)18(15,16)14-7-2-6(11)12-3-13-7/h1-3H,(H,12,13,14). The molecule has 0 fully saturated rings. The number of rotatable bonds is 3. The Morgan fingerprint density at radius 2 is 2.00 bits per heavy atom. The number of thiophene rings is 1. The first-order valence-electron chi connectivity index (χ1n) is 4.34. The van der Waals surface area contributed by atoms with E-state index in [-0.39, 0.29) is 15.9 Å². The van der Waals surface area contributed by atoms with Crippen LogP contribution in [-0.2, 0) is 10.0 Å². The van der Waals surface area contributed by atoms with Gasteiger partial charge in [-0.1, -0.05) is 11.6 Å². The van der Waals surface area contributed by atoms with Crippen molar-refractivity contribution in [2.24, 2.45) is 0 Å². The number of aromatic nitrogens is 2. The second-order valence-electron chi connectivity index (χ2n) is 3.02. The van der Waals surface area contributed by atoms with Crippen molar-refractivity contribution >= 4 is 70.6 Å². The van der Waals surface area contributed by atoms with Gasteiger partial charge in [0, 0.05) is 6.07 Å². The van der Waals surface area contributed by atoms with Gasteiger partial charge >= 0.3 is 0 Å². The third-order valence-corrected chi connectivity index (χ3v) is 6.10. The molecule has 10 heteroatoms. The van der Waals surface area contributed by atoms with Gasteiger partial charge in [0.1, 0.15) is 22.2 Å². The fourth-order valence-corrected chi connectivity index (χ4v) is 6.05. The summed E-state index contributed by atoms with van der Waals surface area (Å²) in [4.78, 5) is 7.58. The van der Waals surface area contributed by atoms with E-state index in [1.807, 2.05) is 0 Å². The highest BCUT2D eigenvalue weighted by molar-refractivity contribution is 9.12. The van der Waals surface area contributed by atoms with Crippen LogP contribution >= 0.6 is 54.8 Å². The van der Waals surface area contributed by atoms with E-state index >= 15 is 0 Å². The fourth-order valence-electron chi connectivity index (χ4n) is 1.09. The highest BCUT2D eigenvalue weighted by Crippen LogP contribution is 2.35. The first-order chi connectivity index (χ1) is 8.38. The predicted octanol–water partition coefficient (Wildman–Crippen LogP) is 3.52. The van der Waals surface area contributed by atoms with Gasteiger partial charge in [-0.25, -0.2) is 18.4 Å². The molecule has 0 spiro atoms. The Labute approximate surface area is 129 Å². The first-order valence-corrected chi connectivity index (χ1v) is 8.60. The third kappa shape index (κ3) is 3.21. The Bertz CT molecular complexity index is 689. The van der Waals surface area contributed by atoms with Crippen molar-refractivity contribution < 1.29 is 8.42 Å². The maximum absolute atomic E-state index is 12.1. The highest BCUT2D eigenvalue weighted by Gasteiger charge is 2.21. The summed E-state index contributed by atoms with van der Waals surface area (Å²) in [5.74, 6) is 0.115. The number of nitrogens with one attached hydrogen (secondary N) is 1. The molecule has 1 N–H and O–H groups in total. The van der Waals surface area contributed by atoms with E-state index in [2.05, 4.69) is 46.5 Å². The van der Waals surface area contributed by atoms with E-state index in [9.17, 15) is 8.42 Å². The molecule has 18 heavy (non-hydrogen) atoms. The Kier molecular flexibility index (Phi) is 4.27. The Morgan fingerprint density at radius 3 is 2.56 bits per heavy atom. The second-order valence-corrected chi connectivity index (χ2v) is 8.81. The molecule has 0 atom stereocenters. The Balaban J connectivity index is 2.36. The van der Waals surface area contributed by atoms with E-state index in [1.165, 1.54) is 29.8 Å². The third-order valence-electron chi connectivity index (χ3n) is 1.79. The molecule has 0 saturated heterocycles. The summed E-state index contributed by atoms with van der Waals surface area (Å²) in [6.45, 7) is 0. The minimum atomic E-state index is -3.71. The minimum absolute atomic E-state index is 0.115. The summed E-state index contributed by atoms with van der Waals surface area (Å²) in [5.41, 5.74) is 0. The summed E-state index contributed by atoms with van der Waals surface area (Å²) in [5, 5.41) is 0.160. The van der Waals surface area contributed by atoms with Crippen LogP contribution in [0.4, 0.5) is 5.82 Å². The molecular weight excluding hydrogens is 430 g/mol. The summed E-state index contributed by atoms with van der Waals surface area (Å²) >= 11 is 13.3. The van der Waals surface area contributed by atoms with Gasteiger partial charge in [0.25, 0.3) is 10.0 Å². The molecule has 0 radical (unpaired) electrons. The van der Waals surface area contributed by atoms with Gasteiger partial charge in [-0.3, -0.25) is 4.72 Å². The van der Waals surface area contributed by atoms with Crippen LogP contribution in [0.2, 0.25) is 5.15 Å². The normalized spacial score (nSPS) is 11.5. The molecule has 5 nitrogen and oxygen atoms in total. The second kappa shape index (κ2) is 5.41. The van der Waals surface area contributed by atoms with Gasteiger partial charge in [-0.2, -0.15) is 0 Å². The minimum Gasteiger partial charge on any atom is -0.263 e. The average molecular weight is 434 g/mol. The number of hydrogen-bond acceptors (Lipinski definition) is 5. The summed E-state index contributed by atoms with van der Waals surface area (Å²) in [6, 6.07) is 2.83. The lowest BCUT2D eigenvalue weighted by Crippen LogP contribution is -2.13. The molecule has 96 valence electrons. The number of halogens is 3. The Hall–Kier alpha value is -0.220. The molecule has 0 saturated carbocycles. The van der Waals surface area contributed by atoms with Gasteiger partial charge in [-0.15, -0.1) is 11.3 Å². The monoisotopic (exact) mass is 431 g/mol. The van der Waals surface area contributed by atoms with Crippen LogP contribution in [0.15, 0.2) is 30.9 Å². The van der Waals surface area contributed by atoms with E-state index in [0.717, 1.165) is 0 Å². The maximum Gasteiger partial charge on any atom is 0.265 e. The largest absolute Gasteiger partial charge is 0.265 e. The first kappa shape index (κ1) is 14.2. The molecule has 0 unspecified atom stereocenters. The molecule has 0 aliphatic heterocycles. The van der Waals surface area contributed by atoms with Crippen molar-refractivity contribution in [1.29, 1.82) is 0 Å². The average Bonchev–Trinajstić information content (AvgIpc) is 2.58. The van der Waals surface area contributed by atoms with E-state index in [4.69, 9.17) is 11.6 Å². The van der Waals surface area contributed by atoms with E-state index in [1.54, 1.807) is 0 Å². The molecule has 2 aromatic rings. The van der Waals surface area contributed by atoms with E-state index < -0.39 is 10.0 Å². The zero-order chi connectivity index (χ0) is 13.3. The molecule has 0 amide bonds. The molecule has 0 bridgehead atoms. The molecule has 0 aromatic carbocycles. The van der Waals surface area contributed by atoms with Crippen LogP contribution in [0.25, 0.3) is 0 Å². The lowest BCUT2D eigenvalue weighted by molar-refractivity contribution is 0.601. The molecule has 2 heterocycles. The van der Waals surface area contributed by atoms with Crippen LogP contribution < -0.4 is 4.72 Å².